The van der Waals surface area contributed by atoms with Crippen molar-refractivity contribution in [3.05, 3.63) is 23.9 Å². The predicted octanol–water partition coefficient (Wildman–Crippen LogP) is 2.01. The number of methoxy groups -OCH3 is 1. The Morgan fingerprint density at radius 2 is 2.13 bits per heavy atom. The first kappa shape index (κ1) is 12.0. The highest BCUT2D eigenvalue weighted by atomic mass is 16.5. The van der Waals surface area contributed by atoms with Crippen molar-refractivity contribution in [1.82, 2.24) is 4.98 Å². The normalized spacial score (nSPS) is 13.7. The maximum atomic E-state index is 6.11. The predicted molar refractivity (Wildman–Crippen MR) is 61.9 cm³/mol. The summed E-state index contributed by atoms with van der Waals surface area (Å²) in [6, 6.07) is 4.06. The molecule has 3 nitrogen and oxygen atoms in total. The second-order valence-corrected chi connectivity index (χ2v) is 4.88. The lowest BCUT2D eigenvalue weighted by Gasteiger charge is -2.27. The average Bonchev–Trinajstić information content (AvgIpc) is 2.16. The van der Waals surface area contributed by atoms with Crippen LogP contribution in [0, 0.1) is 5.41 Å². The third-order valence-corrected chi connectivity index (χ3v) is 2.58. The number of hydrogen-bond donors (Lipinski definition) is 1. The zero-order valence-corrected chi connectivity index (χ0v) is 9.95. The van der Waals surface area contributed by atoms with E-state index in [1.165, 1.54) is 5.56 Å². The lowest BCUT2D eigenvalue weighted by molar-refractivity contribution is 0.318. The molecule has 15 heavy (non-hydrogen) atoms. The molecular formula is C12H20N2O. The number of rotatable bonds is 3. The topological polar surface area (TPSA) is 48.1 Å². The van der Waals surface area contributed by atoms with Crippen molar-refractivity contribution in [2.24, 2.45) is 11.1 Å². The second-order valence-electron chi connectivity index (χ2n) is 4.88. The minimum absolute atomic E-state index is 0.122. The Morgan fingerprint density at radius 3 is 2.67 bits per heavy atom. The highest BCUT2D eigenvalue weighted by Crippen LogP contribution is 2.21. The molecule has 0 amide bonds. The fourth-order valence-corrected chi connectivity index (χ4v) is 1.25. The molecule has 0 bridgehead atoms. The van der Waals surface area contributed by atoms with Gasteiger partial charge in [-0.05, 0) is 23.5 Å². The van der Waals surface area contributed by atoms with E-state index in [0.717, 1.165) is 6.42 Å². The minimum atomic E-state index is 0.122. The first-order valence-electron chi connectivity index (χ1n) is 5.18. The molecule has 0 saturated carbocycles. The maximum absolute atomic E-state index is 6.11. The van der Waals surface area contributed by atoms with E-state index in [2.05, 4.69) is 25.8 Å². The maximum Gasteiger partial charge on any atom is 0.213 e. The summed E-state index contributed by atoms with van der Waals surface area (Å²) >= 11 is 0. The molecule has 1 aromatic rings. The fourth-order valence-electron chi connectivity index (χ4n) is 1.25. The lowest BCUT2D eigenvalue weighted by atomic mass is 9.84. The van der Waals surface area contributed by atoms with E-state index in [1.807, 2.05) is 12.1 Å². The SMILES string of the molecule is COc1cc(CC(N)C(C)(C)C)ccn1. The van der Waals surface area contributed by atoms with Crippen molar-refractivity contribution in [1.29, 1.82) is 0 Å². The van der Waals surface area contributed by atoms with Gasteiger partial charge in [0.05, 0.1) is 7.11 Å². The fraction of sp³-hybridized carbons (Fsp3) is 0.583. The van der Waals surface area contributed by atoms with Crippen molar-refractivity contribution in [2.75, 3.05) is 7.11 Å². The molecule has 0 fully saturated rings. The Kier molecular flexibility index (Phi) is 3.69. The molecule has 0 spiro atoms. The van der Waals surface area contributed by atoms with Crippen molar-refractivity contribution in [3.63, 3.8) is 0 Å². The molecule has 0 aliphatic rings. The van der Waals surface area contributed by atoms with E-state index in [0.29, 0.717) is 5.88 Å². The first-order chi connectivity index (χ1) is 6.93. The van der Waals surface area contributed by atoms with Gasteiger partial charge in [0.25, 0.3) is 0 Å². The molecule has 0 aromatic carbocycles. The summed E-state index contributed by atoms with van der Waals surface area (Å²) < 4.78 is 5.07. The Bertz CT molecular complexity index is 318. The summed E-state index contributed by atoms with van der Waals surface area (Å²) in [7, 11) is 1.62. The van der Waals surface area contributed by atoms with Gasteiger partial charge in [-0.1, -0.05) is 20.8 Å². The highest BCUT2D eigenvalue weighted by molar-refractivity contribution is 5.21. The third kappa shape index (κ3) is 3.51. The van der Waals surface area contributed by atoms with Crippen LogP contribution < -0.4 is 10.5 Å². The molecule has 1 heterocycles. The number of aromatic nitrogens is 1. The van der Waals surface area contributed by atoms with Crippen LogP contribution >= 0.6 is 0 Å². The van der Waals surface area contributed by atoms with Crippen LogP contribution in [0.3, 0.4) is 0 Å². The van der Waals surface area contributed by atoms with Gasteiger partial charge >= 0.3 is 0 Å². The molecule has 1 unspecified atom stereocenters. The quantitative estimate of drug-likeness (QED) is 0.826. The van der Waals surface area contributed by atoms with Crippen molar-refractivity contribution >= 4 is 0 Å². The van der Waals surface area contributed by atoms with Crippen LogP contribution in [0.5, 0.6) is 5.88 Å². The Labute approximate surface area is 91.7 Å². The molecule has 0 aliphatic carbocycles. The van der Waals surface area contributed by atoms with E-state index in [4.69, 9.17) is 10.5 Å². The van der Waals surface area contributed by atoms with Crippen LogP contribution in [-0.2, 0) is 6.42 Å². The van der Waals surface area contributed by atoms with Gasteiger partial charge < -0.3 is 10.5 Å². The zero-order chi connectivity index (χ0) is 11.5. The first-order valence-corrected chi connectivity index (χ1v) is 5.18. The van der Waals surface area contributed by atoms with Crippen LogP contribution in [-0.4, -0.2) is 18.1 Å². The van der Waals surface area contributed by atoms with E-state index >= 15 is 0 Å². The standard InChI is InChI=1S/C12H20N2O/c1-12(2,3)10(13)7-9-5-6-14-11(8-9)15-4/h5-6,8,10H,7,13H2,1-4H3. The van der Waals surface area contributed by atoms with Gasteiger partial charge in [0.2, 0.25) is 5.88 Å². The summed E-state index contributed by atoms with van der Waals surface area (Å²) in [4.78, 5) is 4.06. The van der Waals surface area contributed by atoms with Gasteiger partial charge in [-0.3, -0.25) is 0 Å². The number of nitrogens with two attached hydrogens (primary N) is 1. The molecular weight excluding hydrogens is 188 g/mol. The summed E-state index contributed by atoms with van der Waals surface area (Å²) in [5.41, 5.74) is 7.41. The van der Waals surface area contributed by atoms with E-state index in [-0.39, 0.29) is 11.5 Å². The van der Waals surface area contributed by atoms with Crippen molar-refractivity contribution in [3.8, 4) is 5.88 Å². The second kappa shape index (κ2) is 4.62. The Hall–Kier alpha value is -1.09. The van der Waals surface area contributed by atoms with E-state index in [1.54, 1.807) is 13.3 Å². The molecule has 1 rings (SSSR count). The molecule has 1 atom stereocenters. The summed E-state index contributed by atoms with van der Waals surface area (Å²) in [6.07, 6.45) is 2.60. The molecule has 2 N–H and O–H groups in total. The van der Waals surface area contributed by atoms with Crippen LogP contribution in [0.2, 0.25) is 0 Å². The monoisotopic (exact) mass is 208 g/mol. The summed E-state index contributed by atoms with van der Waals surface area (Å²) in [6.45, 7) is 6.45. The van der Waals surface area contributed by atoms with E-state index < -0.39 is 0 Å². The molecule has 0 radical (unpaired) electrons. The molecule has 84 valence electrons. The number of ether oxygens (including phenoxy) is 1. The van der Waals surface area contributed by atoms with Crippen LogP contribution in [0.4, 0.5) is 0 Å². The lowest BCUT2D eigenvalue weighted by Crippen LogP contribution is -2.36. The summed E-state index contributed by atoms with van der Waals surface area (Å²) in [5.74, 6) is 0.647. The van der Waals surface area contributed by atoms with Crippen LogP contribution in [0.15, 0.2) is 18.3 Å². The van der Waals surface area contributed by atoms with Gasteiger partial charge in [-0.15, -0.1) is 0 Å². The Morgan fingerprint density at radius 1 is 1.47 bits per heavy atom. The van der Waals surface area contributed by atoms with Crippen molar-refractivity contribution < 1.29 is 4.74 Å². The number of nitrogens with zero attached hydrogens (tertiary/aromatic N) is 1. The van der Waals surface area contributed by atoms with E-state index in [9.17, 15) is 0 Å². The average molecular weight is 208 g/mol. The molecule has 0 aliphatic heterocycles. The Balaban J connectivity index is 2.72. The number of hydrogen-bond acceptors (Lipinski definition) is 3. The van der Waals surface area contributed by atoms with Crippen LogP contribution in [0.25, 0.3) is 0 Å². The van der Waals surface area contributed by atoms with Crippen LogP contribution in [0.1, 0.15) is 26.3 Å². The molecule has 1 aromatic heterocycles. The zero-order valence-electron chi connectivity index (χ0n) is 9.95. The minimum Gasteiger partial charge on any atom is -0.481 e. The van der Waals surface area contributed by atoms with Gasteiger partial charge in [-0.25, -0.2) is 4.98 Å². The largest absolute Gasteiger partial charge is 0.481 e. The molecule has 3 heteroatoms. The third-order valence-electron chi connectivity index (χ3n) is 2.58. The van der Waals surface area contributed by atoms with Crippen molar-refractivity contribution in [2.45, 2.75) is 33.2 Å². The molecule has 0 saturated heterocycles. The summed E-state index contributed by atoms with van der Waals surface area (Å²) in [5, 5.41) is 0. The van der Waals surface area contributed by atoms with Gasteiger partial charge in [0.15, 0.2) is 0 Å². The smallest absolute Gasteiger partial charge is 0.213 e. The highest BCUT2D eigenvalue weighted by Gasteiger charge is 2.20. The van der Waals surface area contributed by atoms with Gasteiger partial charge in [-0.2, -0.15) is 0 Å². The van der Waals surface area contributed by atoms with Gasteiger partial charge in [0.1, 0.15) is 0 Å². The number of pyridine rings is 1. The van der Waals surface area contributed by atoms with Gasteiger partial charge in [0, 0.05) is 18.3 Å².